The van der Waals surface area contributed by atoms with E-state index in [2.05, 4.69) is 10.0 Å². The number of hydrogen-bond donors (Lipinski definition) is 3. The standard InChI is InChI=1S/C31H34N2O6S2/c1-40(35,36)27-16-13-25(14-17-27)28(19-23-9-5-3-6-10-23)32-21-30(34)26-15-18-31(29(20-26)33-41(2,37)38)39-22-24-11-7-4-8-12-24/h3-18,20,28,30,32-34H,19,21-22H2,1-2H3. The lowest BCUT2D eigenvalue weighted by Crippen LogP contribution is -2.28. The lowest BCUT2D eigenvalue weighted by molar-refractivity contribution is 0.169. The van der Waals surface area contributed by atoms with Gasteiger partial charge in [0.25, 0.3) is 0 Å². The van der Waals surface area contributed by atoms with E-state index in [1.807, 2.05) is 60.7 Å². The van der Waals surface area contributed by atoms with Crippen molar-refractivity contribution in [3.05, 3.63) is 125 Å². The summed E-state index contributed by atoms with van der Waals surface area (Å²) in [7, 11) is -6.93. The van der Waals surface area contributed by atoms with Crippen molar-refractivity contribution in [3.8, 4) is 5.75 Å². The van der Waals surface area contributed by atoms with E-state index in [1.165, 1.54) is 6.26 Å². The van der Waals surface area contributed by atoms with Crippen LogP contribution in [0.4, 0.5) is 5.69 Å². The summed E-state index contributed by atoms with van der Waals surface area (Å²) in [6.07, 6.45) is 1.87. The van der Waals surface area contributed by atoms with Crippen LogP contribution >= 0.6 is 0 Å². The number of ether oxygens (including phenoxy) is 1. The molecule has 0 aromatic heterocycles. The Balaban J connectivity index is 1.53. The van der Waals surface area contributed by atoms with Gasteiger partial charge in [-0.15, -0.1) is 0 Å². The Labute approximate surface area is 242 Å². The van der Waals surface area contributed by atoms with E-state index in [9.17, 15) is 21.9 Å². The molecule has 0 aliphatic heterocycles. The third kappa shape index (κ3) is 9.15. The summed E-state index contributed by atoms with van der Waals surface area (Å²) in [6.45, 7) is 0.413. The van der Waals surface area contributed by atoms with Gasteiger partial charge < -0.3 is 15.2 Å². The van der Waals surface area contributed by atoms with Gasteiger partial charge in [-0.3, -0.25) is 4.72 Å². The van der Waals surface area contributed by atoms with Crippen molar-refractivity contribution in [2.45, 2.75) is 30.1 Å². The number of benzene rings is 4. The fourth-order valence-corrected chi connectivity index (χ4v) is 5.56. The molecule has 2 atom stereocenters. The zero-order chi connectivity index (χ0) is 29.5. The number of sulfone groups is 1. The molecule has 0 amide bonds. The first-order valence-electron chi connectivity index (χ1n) is 13.0. The van der Waals surface area contributed by atoms with E-state index >= 15 is 0 Å². The molecule has 0 heterocycles. The van der Waals surface area contributed by atoms with Gasteiger partial charge in [0.15, 0.2) is 9.84 Å². The topological polar surface area (TPSA) is 122 Å². The zero-order valence-electron chi connectivity index (χ0n) is 22.9. The summed E-state index contributed by atoms with van der Waals surface area (Å²) in [6, 6.07) is 30.8. The van der Waals surface area contributed by atoms with Crippen molar-refractivity contribution in [2.75, 3.05) is 23.8 Å². The molecule has 216 valence electrons. The van der Waals surface area contributed by atoms with Crippen molar-refractivity contribution in [1.29, 1.82) is 0 Å². The first-order chi connectivity index (χ1) is 19.5. The van der Waals surface area contributed by atoms with Crippen LogP contribution in [0.15, 0.2) is 108 Å². The second kappa shape index (κ2) is 13.3. The molecule has 41 heavy (non-hydrogen) atoms. The third-order valence-corrected chi connectivity index (χ3v) is 8.19. The molecule has 0 bridgehead atoms. The molecule has 3 N–H and O–H groups in total. The number of anilines is 1. The van der Waals surface area contributed by atoms with Crippen LogP contribution in [0.25, 0.3) is 0 Å². The van der Waals surface area contributed by atoms with Gasteiger partial charge in [0.2, 0.25) is 10.0 Å². The largest absolute Gasteiger partial charge is 0.487 e. The molecule has 2 unspecified atom stereocenters. The number of rotatable bonds is 13. The highest BCUT2D eigenvalue weighted by molar-refractivity contribution is 7.92. The van der Waals surface area contributed by atoms with Gasteiger partial charge in [0.1, 0.15) is 12.4 Å². The lowest BCUT2D eigenvalue weighted by Gasteiger charge is -2.23. The normalized spacial score (nSPS) is 13.3. The highest BCUT2D eigenvalue weighted by Crippen LogP contribution is 2.30. The van der Waals surface area contributed by atoms with E-state index in [-0.39, 0.29) is 29.8 Å². The number of sulfonamides is 1. The Bertz CT molecular complexity index is 1640. The summed E-state index contributed by atoms with van der Waals surface area (Å²) in [4.78, 5) is 0.236. The average Bonchev–Trinajstić information content (AvgIpc) is 2.94. The molecule has 0 saturated heterocycles. The molecule has 4 aromatic carbocycles. The minimum atomic E-state index is -3.61. The van der Waals surface area contributed by atoms with E-state index in [0.29, 0.717) is 17.7 Å². The van der Waals surface area contributed by atoms with Crippen LogP contribution < -0.4 is 14.8 Å². The number of aliphatic hydroxyl groups excluding tert-OH is 1. The van der Waals surface area contributed by atoms with Gasteiger partial charge in [-0.1, -0.05) is 78.9 Å². The maximum absolute atomic E-state index is 12.1. The molecule has 10 heteroatoms. The third-order valence-electron chi connectivity index (χ3n) is 6.47. The van der Waals surface area contributed by atoms with Crippen LogP contribution in [0.2, 0.25) is 0 Å². The van der Waals surface area contributed by atoms with Crippen molar-refractivity contribution in [3.63, 3.8) is 0 Å². The second-order valence-corrected chi connectivity index (χ2v) is 13.7. The summed E-state index contributed by atoms with van der Waals surface area (Å²) < 4.78 is 56.4. The quantitative estimate of drug-likeness (QED) is 0.206. The Morgan fingerprint density at radius 1 is 0.756 bits per heavy atom. The van der Waals surface area contributed by atoms with Crippen LogP contribution in [0.5, 0.6) is 5.75 Å². The summed E-state index contributed by atoms with van der Waals surface area (Å²) in [5.41, 5.74) is 3.61. The highest BCUT2D eigenvalue weighted by atomic mass is 32.2. The Morgan fingerprint density at radius 3 is 1.93 bits per heavy atom. The van der Waals surface area contributed by atoms with Gasteiger partial charge in [0.05, 0.1) is 22.9 Å². The molecule has 4 rings (SSSR count). The lowest BCUT2D eigenvalue weighted by atomic mass is 9.98. The Hall–Kier alpha value is -3.70. The second-order valence-electron chi connectivity index (χ2n) is 9.91. The van der Waals surface area contributed by atoms with Gasteiger partial charge in [0, 0.05) is 18.8 Å². The van der Waals surface area contributed by atoms with Crippen LogP contribution in [-0.2, 0) is 32.9 Å². The SMILES string of the molecule is CS(=O)(=O)Nc1cc(C(O)CNC(Cc2ccccc2)c2ccc(S(C)(=O)=O)cc2)ccc1OCc1ccccc1. The first-order valence-corrected chi connectivity index (χ1v) is 16.8. The molecule has 0 radical (unpaired) electrons. The fraction of sp³-hybridized carbons (Fsp3) is 0.226. The van der Waals surface area contributed by atoms with Gasteiger partial charge >= 0.3 is 0 Å². The molecular weight excluding hydrogens is 560 g/mol. The van der Waals surface area contributed by atoms with Crippen molar-refractivity contribution >= 4 is 25.5 Å². The minimum absolute atomic E-state index is 0.161. The van der Waals surface area contributed by atoms with E-state index in [4.69, 9.17) is 4.74 Å². The predicted molar refractivity (Wildman–Crippen MR) is 161 cm³/mol. The molecule has 4 aromatic rings. The van der Waals surface area contributed by atoms with Crippen molar-refractivity contribution in [1.82, 2.24) is 5.32 Å². The van der Waals surface area contributed by atoms with Crippen molar-refractivity contribution in [2.24, 2.45) is 0 Å². The van der Waals surface area contributed by atoms with E-state index < -0.39 is 26.0 Å². The molecule has 0 aliphatic carbocycles. The summed E-state index contributed by atoms with van der Waals surface area (Å²) in [5, 5.41) is 14.5. The van der Waals surface area contributed by atoms with Gasteiger partial charge in [-0.25, -0.2) is 16.8 Å². The number of hydrogen-bond acceptors (Lipinski definition) is 7. The number of aliphatic hydroxyl groups is 1. The fourth-order valence-electron chi connectivity index (χ4n) is 4.37. The maximum Gasteiger partial charge on any atom is 0.229 e. The van der Waals surface area contributed by atoms with Gasteiger partial charge in [-0.05, 0) is 52.9 Å². The predicted octanol–water partition coefficient (Wildman–Crippen LogP) is 4.65. The smallest absolute Gasteiger partial charge is 0.229 e. The monoisotopic (exact) mass is 594 g/mol. The van der Waals surface area contributed by atoms with Crippen LogP contribution in [0.1, 0.15) is 34.4 Å². The average molecular weight is 595 g/mol. The maximum atomic E-state index is 12.1. The first kappa shape index (κ1) is 30.3. The van der Waals surface area contributed by atoms with E-state index in [0.717, 1.165) is 22.9 Å². The molecule has 0 fully saturated rings. The van der Waals surface area contributed by atoms with E-state index in [1.54, 1.807) is 42.5 Å². The molecular formula is C31H34N2O6S2. The van der Waals surface area contributed by atoms with Crippen molar-refractivity contribution < 1.29 is 26.7 Å². The Morgan fingerprint density at radius 2 is 1.34 bits per heavy atom. The molecule has 0 aliphatic rings. The van der Waals surface area contributed by atoms with Gasteiger partial charge in [-0.2, -0.15) is 0 Å². The van der Waals surface area contributed by atoms with Crippen LogP contribution in [0, 0.1) is 0 Å². The minimum Gasteiger partial charge on any atom is -0.487 e. The zero-order valence-corrected chi connectivity index (χ0v) is 24.5. The summed E-state index contributed by atoms with van der Waals surface area (Å²) in [5.74, 6) is 0.344. The molecule has 8 nitrogen and oxygen atoms in total. The summed E-state index contributed by atoms with van der Waals surface area (Å²) >= 11 is 0. The van der Waals surface area contributed by atoms with Crippen LogP contribution in [0.3, 0.4) is 0 Å². The van der Waals surface area contributed by atoms with Crippen LogP contribution in [-0.4, -0.2) is 41.0 Å². The molecule has 0 spiro atoms. The molecule has 0 saturated carbocycles. The Kier molecular flexibility index (Phi) is 9.82. The number of nitrogens with one attached hydrogen (secondary N) is 2. The highest BCUT2D eigenvalue weighted by Gasteiger charge is 2.18.